The molecule has 0 atom stereocenters. The zero-order chi connectivity index (χ0) is 21.7. The highest BCUT2D eigenvalue weighted by molar-refractivity contribution is 5.84. The third-order valence-corrected chi connectivity index (χ3v) is 6.36. The number of aromatic nitrogens is 5. The fourth-order valence-corrected chi connectivity index (χ4v) is 4.49. The molecule has 8 heteroatoms. The van der Waals surface area contributed by atoms with Gasteiger partial charge in [0.05, 0.1) is 18.4 Å². The van der Waals surface area contributed by atoms with E-state index in [1.807, 2.05) is 18.3 Å². The third kappa shape index (κ3) is 3.44. The minimum atomic E-state index is -1.18. The Labute approximate surface area is 183 Å². The Balaban J connectivity index is 1.39. The summed E-state index contributed by atoms with van der Waals surface area (Å²) in [6.07, 6.45) is 10.5. The number of hydrogen-bond acceptors (Lipinski definition) is 6. The molecule has 7 nitrogen and oxygen atoms in total. The molecule has 0 N–H and O–H groups in total. The summed E-state index contributed by atoms with van der Waals surface area (Å²) in [6.45, 7) is 0.252. The maximum Gasteiger partial charge on any atom is 0.246 e. The van der Waals surface area contributed by atoms with Crippen molar-refractivity contribution in [3.8, 4) is 28.5 Å². The van der Waals surface area contributed by atoms with E-state index in [0.717, 1.165) is 48.3 Å². The van der Waals surface area contributed by atoms with Gasteiger partial charge in [0, 0.05) is 35.0 Å². The van der Waals surface area contributed by atoms with Crippen LogP contribution in [0.1, 0.15) is 56.0 Å². The van der Waals surface area contributed by atoms with Gasteiger partial charge in [-0.25, -0.2) is 19.3 Å². The smallest absolute Gasteiger partial charge is 0.246 e. The monoisotopic (exact) mass is 428 g/mol. The predicted molar refractivity (Wildman–Crippen MR) is 115 cm³/mol. The van der Waals surface area contributed by atoms with Gasteiger partial charge in [0.25, 0.3) is 0 Å². The fraction of sp³-hybridized carbons (Fsp3) is 0.375. The topological polar surface area (TPSA) is 93.4 Å². The molecular weight excluding hydrogens is 407 g/mol. The number of halogens is 1. The molecular formula is C24H21FN6O. The van der Waals surface area contributed by atoms with Crippen molar-refractivity contribution in [3.63, 3.8) is 0 Å². The summed E-state index contributed by atoms with van der Waals surface area (Å²) in [7, 11) is 0. The number of nitrogens with zero attached hydrogens (tertiary/aromatic N) is 6. The van der Waals surface area contributed by atoms with Crippen LogP contribution in [0.15, 0.2) is 41.2 Å². The van der Waals surface area contributed by atoms with Crippen LogP contribution in [0.3, 0.4) is 0 Å². The van der Waals surface area contributed by atoms with Crippen LogP contribution in [0, 0.1) is 11.3 Å². The molecule has 0 aliphatic heterocycles. The van der Waals surface area contributed by atoms with E-state index >= 15 is 0 Å². The average molecular weight is 428 g/mol. The van der Waals surface area contributed by atoms with E-state index in [1.165, 1.54) is 0 Å². The number of hydrogen-bond donors (Lipinski definition) is 0. The van der Waals surface area contributed by atoms with E-state index in [9.17, 15) is 9.65 Å². The van der Waals surface area contributed by atoms with E-state index < -0.39 is 5.67 Å². The average Bonchev–Trinajstić information content (AvgIpc) is 3.18. The highest BCUT2D eigenvalue weighted by atomic mass is 19.1. The van der Waals surface area contributed by atoms with E-state index in [4.69, 9.17) is 4.42 Å². The zero-order valence-electron chi connectivity index (χ0n) is 17.5. The summed E-state index contributed by atoms with van der Waals surface area (Å²) >= 11 is 0. The van der Waals surface area contributed by atoms with Gasteiger partial charge in [-0.1, -0.05) is 12.8 Å². The number of pyridine rings is 2. The van der Waals surface area contributed by atoms with Gasteiger partial charge in [0.2, 0.25) is 11.6 Å². The molecule has 0 unspecified atom stereocenters. The summed E-state index contributed by atoms with van der Waals surface area (Å²) in [5.74, 6) is 1.13. The van der Waals surface area contributed by atoms with Gasteiger partial charge >= 0.3 is 0 Å². The van der Waals surface area contributed by atoms with E-state index in [0.29, 0.717) is 41.4 Å². The normalized spacial score (nSPS) is 17.6. The molecule has 2 aliphatic carbocycles. The molecule has 0 spiro atoms. The van der Waals surface area contributed by atoms with Gasteiger partial charge in [0.1, 0.15) is 22.9 Å². The molecule has 32 heavy (non-hydrogen) atoms. The molecule has 0 radical (unpaired) electrons. The van der Waals surface area contributed by atoms with Crippen molar-refractivity contribution in [2.75, 3.05) is 0 Å². The fourth-order valence-electron chi connectivity index (χ4n) is 4.49. The highest BCUT2D eigenvalue weighted by Gasteiger charge is 2.34. The summed E-state index contributed by atoms with van der Waals surface area (Å²) in [4.78, 5) is 13.6. The first-order chi connectivity index (χ1) is 15.6. The zero-order valence-corrected chi connectivity index (χ0v) is 17.5. The third-order valence-electron chi connectivity index (χ3n) is 6.36. The van der Waals surface area contributed by atoms with Crippen LogP contribution < -0.4 is 0 Å². The predicted octanol–water partition coefficient (Wildman–Crippen LogP) is 5.18. The lowest BCUT2D eigenvalue weighted by molar-refractivity contribution is 0.139. The SMILES string of the molecule is N#Cc1ccc(-c2cnn(CC3(F)CCCC3)c2)c(-c2cnc3oc(C4CC4)nc3c2)n1. The van der Waals surface area contributed by atoms with Gasteiger partial charge in [-0.15, -0.1) is 0 Å². The van der Waals surface area contributed by atoms with Gasteiger partial charge < -0.3 is 4.42 Å². The van der Waals surface area contributed by atoms with Crippen molar-refractivity contribution in [2.24, 2.45) is 0 Å². The van der Waals surface area contributed by atoms with Crippen LogP contribution in [0.2, 0.25) is 0 Å². The number of rotatable bonds is 5. The van der Waals surface area contributed by atoms with Gasteiger partial charge in [0.15, 0.2) is 0 Å². The Bertz CT molecular complexity index is 1360. The largest absolute Gasteiger partial charge is 0.422 e. The Morgan fingerprint density at radius 2 is 2.00 bits per heavy atom. The van der Waals surface area contributed by atoms with Crippen LogP contribution in [0.5, 0.6) is 0 Å². The number of alkyl halides is 1. The Morgan fingerprint density at radius 3 is 2.78 bits per heavy atom. The lowest BCUT2D eigenvalue weighted by atomic mass is 10.0. The molecule has 6 rings (SSSR count). The van der Waals surface area contributed by atoms with Crippen molar-refractivity contribution in [2.45, 2.75) is 56.7 Å². The first-order valence-electron chi connectivity index (χ1n) is 11.0. The van der Waals surface area contributed by atoms with E-state index in [1.54, 1.807) is 23.1 Å². The Morgan fingerprint density at radius 1 is 1.16 bits per heavy atom. The lowest BCUT2D eigenvalue weighted by Gasteiger charge is -2.18. The molecule has 4 aromatic rings. The summed E-state index contributed by atoms with van der Waals surface area (Å²) in [5, 5.41) is 13.8. The maximum absolute atomic E-state index is 14.9. The first kappa shape index (κ1) is 19.1. The van der Waals surface area contributed by atoms with E-state index in [2.05, 4.69) is 26.1 Å². The summed E-state index contributed by atoms with van der Waals surface area (Å²) < 4.78 is 22.4. The van der Waals surface area contributed by atoms with Crippen molar-refractivity contribution in [3.05, 3.63) is 48.4 Å². The minimum absolute atomic E-state index is 0.252. The summed E-state index contributed by atoms with van der Waals surface area (Å²) in [5.41, 5.74) is 3.29. The van der Waals surface area contributed by atoms with Crippen LogP contribution in [0.4, 0.5) is 4.39 Å². The van der Waals surface area contributed by atoms with Crippen molar-refractivity contribution < 1.29 is 8.81 Å². The van der Waals surface area contributed by atoms with Crippen LogP contribution in [-0.2, 0) is 6.54 Å². The first-order valence-corrected chi connectivity index (χ1v) is 11.0. The maximum atomic E-state index is 14.9. The Kier molecular flexibility index (Phi) is 4.32. The molecule has 4 aromatic heterocycles. The van der Waals surface area contributed by atoms with Crippen molar-refractivity contribution >= 4 is 11.2 Å². The van der Waals surface area contributed by atoms with Gasteiger partial charge in [-0.2, -0.15) is 10.4 Å². The Hall–Kier alpha value is -3.60. The second kappa shape index (κ2) is 7.23. The molecule has 0 aromatic carbocycles. The summed E-state index contributed by atoms with van der Waals surface area (Å²) in [6, 6.07) is 7.53. The molecule has 4 heterocycles. The standard InChI is InChI=1S/C24H21FN6O/c25-24(7-1-2-8-24)14-31-13-17(12-28-31)19-6-5-18(10-26)29-21(19)16-9-20-23(27-11-16)32-22(30-20)15-3-4-15/h5-6,9,11-13,15H,1-4,7-8,14H2. The number of nitriles is 1. The molecule has 0 amide bonds. The van der Waals surface area contributed by atoms with Crippen LogP contribution >= 0.6 is 0 Å². The van der Waals surface area contributed by atoms with Crippen LogP contribution in [-0.4, -0.2) is 30.4 Å². The second-order valence-corrected chi connectivity index (χ2v) is 8.86. The minimum Gasteiger partial charge on any atom is -0.422 e. The molecule has 2 aliphatic rings. The van der Waals surface area contributed by atoms with Gasteiger partial charge in [-0.3, -0.25) is 4.68 Å². The second-order valence-electron chi connectivity index (χ2n) is 8.86. The van der Waals surface area contributed by atoms with Crippen molar-refractivity contribution in [1.29, 1.82) is 5.26 Å². The lowest BCUT2D eigenvalue weighted by Crippen LogP contribution is -2.25. The number of fused-ring (bicyclic) bond motifs is 1. The molecule has 2 fully saturated rings. The molecule has 0 bridgehead atoms. The molecule has 0 saturated heterocycles. The van der Waals surface area contributed by atoms with Crippen molar-refractivity contribution in [1.82, 2.24) is 24.7 Å². The molecule has 2 saturated carbocycles. The van der Waals surface area contributed by atoms with Crippen LogP contribution in [0.25, 0.3) is 33.6 Å². The van der Waals surface area contributed by atoms with E-state index in [-0.39, 0.29) is 6.54 Å². The van der Waals surface area contributed by atoms with Gasteiger partial charge in [-0.05, 0) is 43.9 Å². The quantitative estimate of drug-likeness (QED) is 0.435. The highest BCUT2D eigenvalue weighted by Crippen LogP contribution is 2.41. The molecule has 160 valence electrons. The number of oxazole rings is 1.